The van der Waals surface area contributed by atoms with Crippen molar-refractivity contribution in [3.05, 3.63) is 35.4 Å². The van der Waals surface area contributed by atoms with Crippen molar-refractivity contribution in [1.29, 1.82) is 0 Å². The number of ether oxygens (including phenoxy) is 1. The molecular weight excluding hydrogens is 224 g/mol. The second-order valence-electron chi connectivity index (χ2n) is 4.78. The molecular formula is C15H24N2O. The molecule has 1 N–H and O–H groups in total. The predicted octanol–water partition coefficient (Wildman–Crippen LogP) is 2.54. The Morgan fingerprint density at radius 2 is 1.83 bits per heavy atom. The Morgan fingerprint density at radius 1 is 1.17 bits per heavy atom. The molecule has 1 aromatic rings. The van der Waals surface area contributed by atoms with Gasteiger partial charge in [0.05, 0.1) is 13.2 Å². The van der Waals surface area contributed by atoms with Gasteiger partial charge in [-0.3, -0.25) is 0 Å². The van der Waals surface area contributed by atoms with E-state index in [0.717, 1.165) is 39.1 Å². The van der Waals surface area contributed by atoms with Crippen LogP contribution in [0.5, 0.6) is 0 Å². The summed E-state index contributed by atoms with van der Waals surface area (Å²) < 4.78 is 5.37. The summed E-state index contributed by atoms with van der Waals surface area (Å²) in [7, 11) is 0. The number of nitrogens with zero attached hydrogens (tertiary/aromatic N) is 1. The van der Waals surface area contributed by atoms with E-state index in [-0.39, 0.29) is 0 Å². The first-order valence-corrected chi connectivity index (χ1v) is 7.01. The Balaban J connectivity index is 1.97. The Bertz CT molecular complexity index is 344. The molecule has 0 bridgehead atoms. The molecule has 100 valence electrons. The summed E-state index contributed by atoms with van der Waals surface area (Å²) in [6.45, 7) is 8.04. The minimum atomic E-state index is 0.411. The minimum Gasteiger partial charge on any atom is -0.379 e. The molecule has 1 aromatic carbocycles. The molecule has 18 heavy (non-hydrogen) atoms. The summed E-state index contributed by atoms with van der Waals surface area (Å²) >= 11 is 0. The van der Waals surface area contributed by atoms with Gasteiger partial charge in [0.1, 0.15) is 0 Å². The van der Waals surface area contributed by atoms with Gasteiger partial charge in [0.25, 0.3) is 0 Å². The number of morpholine rings is 1. The molecule has 0 amide bonds. The zero-order valence-corrected chi connectivity index (χ0v) is 11.5. The summed E-state index contributed by atoms with van der Waals surface area (Å²) in [5.41, 5.74) is 6.39. The molecule has 0 radical (unpaired) electrons. The second kappa shape index (κ2) is 6.88. The van der Waals surface area contributed by atoms with Gasteiger partial charge in [-0.15, -0.1) is 0 Å². The molecule has 1 fully saturated rings. The van der Waals surface area contributed by atoms with Crippen molar-refractivity contribution < 1.29 is 4.74 Å². The fourth-order valence-corrected chi connectivity index (χ4v) is 2.30. The summed E-state index contributed by atoms with van der Waals surface area (Å²) in [5, 5.41) is 2.28. The van der Waals surface area contributed by atoms with Gasteiger partial charge in [0.2, 0.25) is 0 Å². The number of aryl methyl sites for hydroxylation is 1. The van der Waals surface area contributed by atoms with Gasteiger partial charge in [-0.2, -0.15) is 0 Å². The van der Waals surface area contributed by atoms with Crippen LogP contribution in [0.3, 0.4) is 0 Å². The molecule has 0 saturated carbocycles. The summed E-state index contributed by atoms with van der Waals surface area (Å²) in [6, 6.07) is 9.38. The van der Waals surface area contributed by atoms with E-state index in [9.17, 15) is 0 Å². The van der Waals surface area contributed by atoms with Crippen LogP contribution >= 0.6 is 0 Å². The quantitative estimate of drug-likeness (QED) is 0.866. The largest absolute Gasteiger partial charge is 0.379 e. The van der Waals surface area contributed by atoms with Crippen LogP contribution in [0, 0.1) is 0 Å². The number of hydrogen-bond acceptors (Lipinski definition) is 3. The van der Waals surface area contributed by atoms with E-state index in [4.69, 9.17) is 4.74 Å². The first-order chi connectivity index (χ1) is 8.83. The van der Waals surface area contributed by atoms with Crippen LogP contribution in [-0.4, -0.2) is 31.3 Å². The maximum absolute atomic E-state index is 5.37. The van der Waals surface area contributed by atoms with Crippen molar-refractivity contribution in [2.45, 2.75) is 32.7 Å². The third-order valence-corrected chi connectivity index (χ3v) is 3.55. The van der Waals surface area contributed by atoms with Gasteiger partial charge in [0.15, 0.2) is 0 Å². The average Bonchev–Trinajstić information content (AvgIpc) is 2.46. The molecule has 1 heterocycles. The fraction of sp³-hybridized carbons (Fsp3) is 0.600. The maximum Gasteiger partial charge on any atom is 0.0608 e. The van der Waals surface area contributed by atoms with E-state index in [2.05, 4.69) is 48.5 Å². The lowest BCUT2D eigenvalue weighted by atomic mass is 10.0. The molecule has 0 spiro atoms. The van der Waals surface area contributed by atoms with Crippen molar-refractivity contribution in [3.8, 4) is 0 Å². The van der Waals surface area contributed by atoms with Gasteiger partial charge in [-0.25, -0.2) is 10.4 Å². The first-order valence-electron chi connectivity index (χ1n) is 7.01. The Labute approximate surface area is 110 Å². The third-order valence-electron chi connectivity index (χ3n) is 3.55. The zero-order valence-electron chi connectivity index (χ0n) is 11.5. The van der Waals surface area contributed by atoms with Gasteiger partial charge >= 0.3 is 0 Å². The van der Waals surface area contributed by atoms with Crippen LogP contribution in [-0.2, 0) is 11.2 Å². The number of nitrogens with one attached hydrogen (secondary N) is 1. The lowest BCUT2D eigenvalue weighted by Gasteiger charge is -2.31. The molecule has 1 aliphatic rings. The minimum absolute atomic E-state index is 0.411. The highest BCUT2D eigenvalue weighted by atomic mass is 16.5. The van der Waals surface area contributed by atoms with Crippen LogP contribution < -0.4 is 5.43 Å². The van der Waals surface area contributed by atoms with Crippen molar-refractivity contribution in [2.75, 3.05) is 26.3 Å². The molecule has 3 heteroatoms. The Morgan fingerprint density at radius 3 is 2.39 bits per heavy atom. The van der Waals surface area contributed by atoms with Crippen molar-refractivity contribution in [1.82, 2.24) is 10.4 Å². The smallest absolute Gasteiger partial charge is 0.0608 e. The van der Waals surface area contributed by atoms with E-state index in [0.29, 0.717) is 6.04 Å². The highest BCUT2D eigenvalue weighted by molar-refractivity contribution is 5.24. The average molecular weight is 248 g/mol. The zero-order chi connectivity index (χ0) is 12.8. The molecule has 3 nitrogen and oxygen atoms in total. The fourth-order valence-electron chi connectivity index (χ4n) is 2.30. The van der Waals surface area contributed by atoms with Gasteiger partial charge in [0, 0.05) is 19.1 Å². The van der Waals surface area contributed by atoms with Crippen molar-refractivity contribution in [3.63, 3.8) is 0 Å². The number of rotatable bonds is 5. The highest BCUT2D eigenvalue weighted by Crippen LogP contribution is 2.18. The number of hydrogen-bond donors (Lipinski definition) is 1. The van der Waals surface area contributed by atoms with Gasteiger partial charge in [-0.1, -0.05) is 38.1 Å². The monoisotopic (exact) mass is 248 g/mol. The van der Waals surface area contributed by atoms with Crippen LogP contribution in [0.2, 0.25) is 0 Å². The molecule has 1 aliphatic heterocycles. The Hall–Kier alpha value is -0.900. The molecule has 0 aromatic heterocycles. The molecule has 1 unspecified atom stereocenters. The topological polar surface area (TPSA) is 24.5 Å². The van der Waals surface area contributed by atoms with E-state index < -0.39 is 0 Å². The molecule has 1 saturated heterocycles. The van der Waals surface area contributed by atoms with Crippen LogP contribution in [0.25, 0.3) is 0 Å². The summed E-state index contributed by atoms with van der Waals surface area (Å²) in [6.07, 6.45) is 2.21. The van der Waals surface area contributed by atoms with Gasteiger partial charge < -0.3 is 4.74 Å². The maximum atomic E-state index is 5.37. The van der Waals surface area contributed by atoms with Gasteiger partial charge in [-0.05, 0) is 24.0 Å². The number of hydrazine groups is 1. The lowest BCUT2D eigenvalue weighted by Crippen LogP contribution is -2.47. The molecule has 0 aliphatic carbocycles. The second-order valence-corrected chi connectivity index (χ2v) is 4.78. The highest BCUT2D eigenvalue weighted by Gasteiger charge is 2.15. The predicted molar refractivity (Wildman–Crippen MR) is 74.4 cm³/mol. The first kappa shape index (κ1) is 13.5. The molecule has 2 rings (SSSR count). The van der Waals surface area contributed by atoms with Crippen molar-refractivity contribution in [2.24, 2.45) is 0 Å². The van der Waals surface area contributed by atoms with Crippen molar-refractivity contribution >= 4 is 0 Å². The lowest BCUT2D eigenvalue weighted by molar-refractivity contribution is 0.00299. The van der Waals surface area contributed by atoms with E-state index in [1.807, 2.05) is 0 Å². The van der Waals surface area contributed by atoms with Crippen LogP contribution in [0.15, 0.2) is 24.3 Å². The third kappa shape index (κ3) is 3.55. The summed E-state index contributed by atoms with van der Waals surface area (Å²) in [5.74, 6) is 0. The van der Waals surface area contributed by atoms with E-state index >= 15 is 0 Å². The summed E-state index contributed by atoms with van der Waals surface area (Å²) in [4.78, 5) is 0. The van der Waals surface area contributed by atoms with E-state index in [1.165, 1.54) is 11.1 Å². The molecule has 1 atom stereocenters. The number of benzene rings is 1. The van der Waals surface area contributed by atoms with Crippen LogP contribution in [0.4, 0.5) is 0 Å². The SMILES string of the molecule is CCc1ccc(C(CC)NN2CCOCC2)cc1. The van der Waals surface area contributed by atoms with Crippen LogP contribution in [0.1, 0.15) is 37.4 Å². The normalized spacial score (nSPS) is 18.8. The van der Waals surface area contributed by atoms with E-state index in [1.54, 1.807) is 0 Å². The Kier molecular flexibility index (Phi) is 5.17. The standard InChI is InChI=1S/C15H24N2O/c1-3-13-5-7-14(8-6-13)15(4-2)16-17-9-11-18-12-10-17/h5-8,15-16H,3-4,9-12H2,1-2H3.